The largest absolute Gasteiger partial charge is 0.491 e. The summed E-state index contributed by atoms with van der Waals surface area (Å²) >= 11 is 0. The Kier molecular flexibility index (Phi) is 6.77. The molecule has 1 N–H and O–H groups in total. The van der Waals surface area contributed by atoms with E-state index < -0.39 is 6.10 Å². The molecule has 6 nitrogen and oxygen atoms in total. The number of hydrogen-bond acceptors (Lipinski definition) is 6. The fourth-order valence-electron chi connectivity index (χ4n) is 4.05. The topological polar surface area (TPSA) is 52.1 Å². The van der Waals surface area contributed by atoms with Gasteiger partial charge in [0.25, 0.3) is 0 Å². The van der Waals surface area contributed by atoms with E-state index in [0.29, 0.717) is 19.1 Å². The quantitative estimate of drug-likeness (QED) is 0.733. The molecule has 0 radical (unpaired) electrons. The van der Waals surface area contributed by atoms with E-state index in [1.165, 1.54) is 11.1 Å². The minimum atomic E-state index is -0.455. The summed E-state index contributed by atoms with van der Waals surface area (Å²) in [6, 6.07) is 12.4. The number of aliphatic hydroxyl groups excluding tert-OH is 1. The molecule has 2 aliphatic rings. The van der Waals surface area contributed by atoms with Gasteiger partial charge in [0.2, 0.25) is 0 Å². The lowest BCUT2D eigenvalue weighted by Gasteiger charge is -2.39. The average molecular weight is 397 g/mol. The van der Waals surface area contributed by atoms with Gasteiger partial charge in [-0.05, 0) is 36.4 Å². The van der Waals surface area contributed by atoms with Crippen molar-refractivity contribution in [1.82, 2.24) is 19.7 Å². The van der Waals surface area contributed by atoms with Gasteiger partial charge >= 0.3 is 0 Å². The Hall–Kier alpha value is -1.99. The maximum absolute atomic E-state index is 10.3. The molecule has 3 heterocycles. The first-order valence-electron chi connectivity index (χ1n) is 10.6. The summed E-state index contributed by atoms with van der Waals surface area (Å²) in [5, 5.41) is 10.3. The van der Waals surface area contributed by atoms with Crippen molar-refractivity contribution in [3.05, 3.63) is 59.9 Å². The predicted octanol–water partition coefficient (Wildman–Crippen LogP) is 1.67. The Bertz CT molecular complexity index is 741. The van der Waals surface area contributed by atoms with Gasteiger partial charge in [-0.1, -0.05) is 18.2 Å². The number of likely N-dealkylation sites (N-methyl/N-ethyl adjacent to an activating group) is 1. The van der Waals surface area contributed by atoms with Gasteiger partial charge in [-0.15, -0.1) is 0 Å². The Labute approximate surface area is 173 Å². The average Bonchev–Trinajstić information content (AvgIpc) is 2.72. The SMILES string of the molecule is CN1CCN(CC(O)COc2ccc(CN3CC(c4cccnc4)C3)cc2)CC1. The van der Waals surface area contributed by atoms with Crippen molar-refractivity contribution in [3.8, 4) is 5.75 Å². The second-order valence-electron chi connectivity index (χ2n) is 8.39. The highest BCUT2D eigenvalue weighted by atomic mass is 16.5. The van der Waals surface area contributed by atoms with Gasteiger partial charge in [-0.25, -0.2) is 0 Å². The van der Waals surface area contributed by atoms with Crippen molar-refractivity contribution in [3.63, 3.8) is 0 Å². The summed E-state index contributed by atoms with van der Waals surface area (Å²) in [7, 11) is 2.14. The van der Waals surface area contributed by atoms with E-state index in [-0.39, 0.29) is 0 Å². The van der Waals surface area contributed by atoms with Crippen LogP contribution in [0.15, 0.2) is 48.8 Å². The number of piperazine rings is 1. The Morgan fingerprint density at radius 3 is 2.52 bits per heavy atom. The standard InChI is InChI=1S/C23H32N4O2/c1-25-9-11-26(12-10-25)17-22(28)18-29-23-6-4-19(5-7-23)14-27-15-21(16-27)20-3-2-8-24-13-20/h2-8,13,21-22,28H,9-12,14-18H2,1H3. The van der Waals surface area contributed by atoms with Crippen LogP contribution in [0.3, 0.4) is 0 Å². The molecule has 1 unspecified atom stereocenters. The van der Waals surface area contributed by atoms with Gasteiger partial charge in [0.15, 0.2) is 0 Å². The number of β-amino-alcohol motifs (C(OH)–C–C–N with tert-alkyl or cyclic N) is 1. The van der Waals surface area contributed by atoms with Crippen LogP contribution in [0.2, 0.25) is 0 Å². The number of likely N-dealkylation sites (tertiary alicyclic amines) is 1. The van der Waals surface area contributed by atoms with Crippen LogP contribution < -0.4 is 4.74 Å². The first-order valence-corrected chi connectivity index (χ1v) is 10.6. The zero-order valence-electron chi connectivity index (χ0n) is 17.3. The van der Waals surface area contributed by atoms with Gasteiger partial charge in [0.1, 0.15) is 18.5 Å². The Morgan fingerprint density at radius 2 is 1.83 bits per heavy atom. The van der Waals surface area contributed by atoms with E-state index in [0.717, 1.165) is 51.6 Å². The first-order chi connectivity index (χ1) is 14.2. The third kappa shape index (κ3) is 5.76. The van der Waals surface area contributed by atoms with Crippen LogP contribution >= 0.6 is 0 Å². The van der Waals surface area contributed by atoms with Gasteiger partial charge in [0.05, 0.1) is 0 Å². The third-order valence-corrected chi connectivity index (χ3v) is 5.95. The van der Waals surface area contributed by atoms with Crippen LogP contribution in [0, 0.1) is 0 Å². The van der Waals surface area contributed by atoms with Crippen LogP contribution in [0.1, 0.15) is 17.0 Å². The Morgan fingerprint density at radius 1 is 1.07 bits per heavy atom. The van der Waals surface area contributed by atoms with Gasteiger partial charge in [-0.3, -0.25) is 14.8 Å². The molecule has 2 saturated heterocycles. The first kappa shape index (κ1) is 20.3. The molecule has 0 spiro atoms. The smallest absolute Gasteiger partial charge is 0.119 e. The zero-order chi connectivity index (χ0) is 20.1. The summed E-state index contributed by atoms with van der Waals surface area (Å²) in [4.78, 5) is 11.3. The highest BCUT2D eigenvalue weighted by Gasteiger charge is 2.27. The maximum Gasteiger partial charge on any atom is 0.119 e. The second kappa shape index (κ2) is 9.67. The molecule has 1 aromatic heterocycles. The van der Waals surface area contributed by atoms with Gasteiger partial charge in [-0.2, -0.15) is 0 Å². The normalized spacial score (nSPS) is 20.3. The lowest BCUT2D eigenvalue weighted by atomic mass is 9.92. The molecule has 156 valence electrons. The number of aliphatic hydroxyl groups is 1. The minimum absolute atomic E-state index is 0.338. The number of ether oxygens (including phenoxy) is 1. The maximum atomic E-state index is 10.3. The fourth-order valence-corrected chi connectivity index (χ4v) is 4.05. The molecule has 2 fully saturated rings. The van der Waals surface area contributed by atoms with Crippen LogP contribution in [0.25, 0.3) is 0 Å². The van der Waals surface area contributed by atoms with E-state index in [4.69, 9.17) is 4.74 Å². The highest BCUT2D eigenvalue weighted by molar-refractivity contribution is 5.28. The lowest BCUT2D eigenvalue weighted by Crippen LogP contribution is -2.47. The van der Waals surface area contributed by atoms with E-state index in [9.17, 15) is 5.11 Å². The Balaban J connectivity index is 1.16. The molecular formula is C23H32N4O2. The fraction of sp³-hybridized carbons (Fsp3) is 0.522. The summed E-state index contributed by atoms with van der Waals surface area (Å²) in [6.45, 7) is 8.31. The molecule has 0 bridgehead atoms. The van der Waals surface area contributed by atoms with E-state index in [2.05, 4.69) is 44.9 Å². The third-order valence-electron chi connectivity index (χ3n) is 5.95. The van der Waals surface area contributed by atoms with Crippen molar-refractivity contribution in [2.24, 2.45) is 0 Å². The number of rotatable bonds is 8. The zero-order valence-corrected chi connectivity index (χ0v) is 17.3. The molecule has 4 rings (SSSR count). The van der Waals surface area contributed by atoms with E-state index >= 15 is 0 Å². The van der Waals surface area contributed by atoms with Crippen LogP contribution in [0.5, 0.6) is 5.75 Å². The molecule has 29 heavy (non-hydrogen) atoms. The van der Waals surface area contributed by atoms with Crippen LogP contribution in [-0.2, 0) is 6.54 Å². The van der Waals surface area contributed by atoms with Gasteiger partial charge in [0, 0.05) is 70.7 Å². The number of nitrogens with zero attached hydrogens (tertiary/aromatic N) is 4. The van der Waals surface area contributed by atoms with Crippen molar-refractivity contribution < 1.29 is 9.84 Å². The lowest BCUT2D eigenvalue weighted by molar-refractivity contribution is 0.0504. The van der Waals surface area contributed by atoms with E-state index in [1.54, 1.807) is 0 Å². The minimum Gasteiger partial charge on any atom is -0.491 e. The molecule has 1 atom stereocenters. The molecule has 0 amide bonds. The second-order valence-corrected chi connectivity index (χ2v) is 8.39. The number of pyridine rings is 1. The molecule has 6 heteroatoms. The molecule has 0 aliphatic carbocycles. The summed E-state index contributed by atoms with van der Waals surface area (Å²) in [5.74, 6) is 1.43. The van der Waals surface area contributed by atoms with Crippen molar-refractivity contribution >= 4 is 0 Å². The van der Waals surface area contributed by atoms with Crippen molar-refractivity contribution in [1.29, 1.82) is 0 Å². The van der Waals surface area contributed by atoms with Crippen LogP contribution in [-0.4, -0.2) is 90.4 Å². The summed E-state index contributed by atoms with van der Waals surface area (Å²) < 4.78 is 5.80. The molecule has 0 saturated carbocycles. The number of aromatic nitrogens is 1. The number of hydrogen-bond donors (Lipinski definition) is 1. The molecular weight excluding hydrogens is 364 g/mol. The van der Waals surface area contributed by atoms with Crippen LogP contribution in [0.4, 0.5) is 0 Å². The molecule has 2 aliphatic heterocycles. The summed E-state index contributed by atoms with van der Waals surface area (Å²) in [6.07, 6.45) is 3.35. The molecule has 2 aromatic rings. The predicted molar refractivity (Wildman–Crippen MR) is 114 cm³/mol. The van der Waals surface area contributed by atoms with Crippen molar-refractivity contribution in [2.45, 2.75) is 18.6 Å². The summed E-state index contributed by atoms with van der Waals surface area (Å²) in [5.41, 5.74) is 2.63. The number of benzene rings is 1. The monoisotopic (exact) mass is 396 g/mol. The molecule has 1 aromatic carbocycles. The van der Waals surface area contributed by atoms with E-state index in [1.807, 2.05) is 30.6 Å². The van der Waals surface area contributed by atoms with Crippen molar-refractivity contribution in [2.75, 3.05) is 59.5 Å². The van der Waals surface area contributed by atoms with Gasteiger partial charge < -0.3 is 14.7 Å². The highest BCUT2D eigenvalue weighted by Crippen LogP contribution is 2.28.